The third kappa shape index (κ3) is 3.59. The second-order valence-corrected chi connectivity index (χ2v) is 6.57. The van der Waals surface area contributed by atoms with E-state index in [-0.39, 0.29) is 0 Å². The van der Waals surface area contributed by atoms with E-state index in [1.165, 1.54) is 23.7 Å². The van der Waals surface area contributed by atoms with Crippen LogP contribution in [0.5, 0.6) is 0 Å². The van der Waals surface area contributed by atoms with E-state index in [4.69, 9.17) is 0 Å². The number of hydrogen-bond acceptors (Lipinski definition) is 1. The molecule has 122 valence electrons. The molecule has 1 unspecified atom stereocenters. The Bertz CT molecular complexity index is 687. The fraction of sp³-hybridized carbons (Fsp3) is 0.429. The number of hydrogen-bond donors (Lipinski definition) is 1. The predicted octanol–water partition coefficient (Wildman–Crippen LogP) is 5.19. The highest BCUT2D eigenvalue weighted by Gasteiger charge is 2.21. The van der Waals surface area contributed by atoms with Crippen LogP contribution in [0.3, 0.4) is 0 Å². The molecule has 1 aliphatic rings. The molecule has 1 aromatic heterocycles. The Morgan fingerprint density at radius 2 is 2.00 bits per heavy atom. The van der Waals surface area contributed by atoms with Gasteiger partial charge in [-0.3, -0.25) is 0 Å². The summed E-state index contributed by atoms with van der Waals surface area (Å²) in [4.78, 5) is 0. The van der Waals surface area contributed by atoms with Crippen molar-refractivity contribution in [3.63, 3.8) is 0 Å². The summed E-state index contributed by atoms with van der Waals surface area (Å²) in [7, 11) is 0. The van der Waals surface area contributed by atoms with Crippen LogP contribution in [0.25, 0.3) is 10.9 Å². The molecule has 0 aliphatic carbocycles. The number of benzene rings is 1. The standard InChI is InChI=1S/C21H28N2/c1-3-4-5-6-9-17(2)23-16-20(18-12-14-22-15-13-18)19-10-7-8-11-21(19)23/h3-8,10-11,16-18,22H,9,12-15H2,1-2H3/b4-3-,6-5-. The zero-order valence-electron chi connectivity index (χ0n) is 14.3. The third-order valence-corrected chi connectivity index (χ3v) is 4.94. The topological polar surface area (TPSA) is 17.0 Å². The lowest BCUT2D eigenvalue weighted by molar-refractivity contribution is 0.460. The van der Waals surface area contributed by atoms with Gasteiger partial charge in [0.25, 0.3) is 0 Å². The molecular weight excluding hydrogens is 280 g/mol. The van der Waals surface area contributed by atoms with Gasteiger partial charge in [0, 0.05) is 23.1 Å². The molecule has 0 radical (unpaired) electrons. The van der Waals surface area contributed by atoms with Gasteiger partial charge in [-0.05, 0) is 63.7 Å². The lowest BCUT2D eigenvalue weighted by Gasteiger charge is -2.22. The van der Waals surface area contributed by atoms with E-state index in [9.17, 15) is 0 Å². The monoisotopic (exact) mass is 308 g/mol. The molecule has 1 fully saturated rings. The highest BCUT2D eigenvalue weighted by Crippen LogP contribution is 2.34. The van der Waals surface area contributed by atoms with Crippen LogP contribution in [0.4, 0.5) is 0 Å². The van der Waals surface area contributed by atoms with E-state index >= 15 is 0 Å². The zero-order chi connectivity index (χ0) is 16.1. The average Bonchev–Trinajstić information content (AvgIpc) is 2.99. The lowest BCUT2D eigenvalue weighted by atomic mass is 9.90. The van der Waals surface area contributed by atoms with Gasteiger partial charge in [-0.2, -0.15) is 0 Å². The van der Waals surface area contributed by atoms with Crippen LogP contribution in [0.15, 0.2) is 54.8 Å². The molecule has 1 atom stereocenters. The number of rotatable bonds is 5. The van der Waals surface area contributed by atoms with E-state index in [0.29, 0.717) is 12.0 Å². The number of piperidine rings is 1. The molecule has 2 heteroatoms. The maximum absolute atomic E-state index is 3.48. The summed E-state index contributed by atoms with van der Waals surface area (Å²) in [6, 6.07) is 9.38. The van der Waals surface area contributed by atoms with E-state index < -0.39 is 0 Å². The smallest absolute Gasteiger partial charge is 0.0485 e. The van der Waals surface area contributed by atoms with Gasteiger partial charge < -0.3 is 9.88 Å². The van der Waals surface area contributed by atoms with E-state index in [1.807, 2.05) is 0 Å². The van der Waals surface area contributed by atoms with E-state index in [2.05, 4.69) is 78.5 Å². The van der Waals surface area contributed by atoms with Crippen molar-refractivity contribution in [2.24, 2.45) is 0 Å². The highest BCUT2D eigenvalue weighted by atomic mass is 15.0. The summed E-state index contributed by atoms with van der Waals surface area (Å²) in [6.45, 7) is 6.66. The molecule has 2 aromatic rings. The van der Waals surface area contributed by atoms with Gasteiger partial charge in [-0.25, -0.2) is 0 Å². The largest absolute Gasteiger partial charge is 0.344 e. The Morgan fingerprint density at radius 3 is 2.78 bits per heavy atom. The number of nitrogens with zero attached hydrogens (tertiary/aromatic N) is 1. The van der Waals surface area contributed by atoms with Crippen LogP contribution in [0.1, 0.15) is 50.6 Å². The normalized spacial score (nSPS) is 18.3. The van der Waals surface area contributed by atoms with Crippen molar-refractivity contribution in [3.05, 3.63) is 60.3 Å². The molecule has 2 nitrogen and oxygen atoms in total. The molecule has 2 heterocycles. The molecule has 3 rings (SSSR count). The molecule has 1 aromatic carbocycles. The first-order chi connectivity index (χ1) is 11.3. The molecule has 1 N–H and O–H groups in total. The van der Waals surface area contributed by atoms with Crippen LogP contribution in [-0.4, -0.2) is 17.7 Å². The fourth-order valence-electron chi connectivity index (χ4n) is 3.63. The van der Waals surface area contributed by atoms with Crippen molar-refractivity contribution < 1.29 is 0 Å². The Morgan fingerprint density at radius 1 is 1.22 bits per heavy atom. The van der Waals surface area contributed by atoms with Gasteiger partial charge >= 0.3 is 0 Å². The second kappa shape index (κ2) is 7.65. The number of nitrogens with one attached hydrogen (secondary N) is 1. The Labute approximate surface area is 139 Å². The Balaban J connectivity index is 1.90. The van der Waals surface area contributed by atoms with Crippen molar-refractivity contribution in [2.75, 3.05) is 13.1 Å². The lowest BCUT2D eigenvalue weighted by Crippen LogP contribution is -2.26. The first-order valence-corrected chi connectivity index (χ1v) is 8.89. The van der Waals surface area contributed by atoms with E-state index in [0.717, 1.165) is 19.5 Å². The van der Waals surface area contributed by atoms with Crippen LogP contribution >= 0.6 is 0 Å². The number of fused-ring (bicyclic) bond motifs is 1. The molecule has 0 bridgehead atoms. The number of allylic oxidation sites excluding steroid dienone is 4. The fourth-order valence-corrected chi connectivity index (χ4v) is 3.63. The minimum Gasteiger partial charge on any atom is -0.344 e. The first kappa shape index (κ1) is 16.1. The maximum atomic E-state index is 3.48. The van der Waals surface area contributed by atoms with Gasteiger partial charge in [0.2, 0.25) is 0 Å². The molecule has 0 saturated carbocycles. The zero-order valence-corrected chi connectivity index (χ0v) is 14.3. The minimum atomic E-state index is 0.483. The van der Waals surface area contributed by atoms with Crippen LogP contribution in [0, 0.1) is 0 Å². The minimum absolute atomic E-state index is 0.483. The van der Waals surface area contributed by atoms with Crippen molar-refractivity contribution in [2.45, 2.75) is 45.1 Å². The van der Waals surface area contributed by atoms with Crippen molar-refractivity contribution >= 4 is 10.9 Å². The van der Waals surface area contributed by atoms with Gasteiger partial charge in [0.05, 0.1) is 0 Å². The number of para-hydroxylation sites is 1. The first-order valence-electron chi connectivity index (χ1n) is 8.89. The van der Waals surface area contributed by atoms with Gasteiger partial charge in [0.15, 0.2) is 0 Å². The van der Waals surface area contributed by atoms with Crippen LogP contribution in [-0.2, 0) is 0 Å². The van der Waals surface area contributed by atoms with Crippen LogP contribution in [0.2, 0.25) is 0 Å². The van der Waals surface area contributed by atoms with Crippen molar-refractivity contribution in [1.82, 2.24) is 9.88 Å². The number of aromatic nitrogens is 1. The maximum Gasteiger partial charge on any atom is 0.0485 e. The molecule has 1 aliphatic heterocycles. The SMILES string of the molecule is C/C=C\C=C/CC(C)n1cc(C2CCNCC2)c2ccccc21. The van der Waals surface area contributed by atoms with Crippen molar-refractivity contribution in [3.8, 4) is 0 Å². The predicted molar refractivity (Wildman–Crippen MR) is 100 cm³/mol. The quantitative estimate of drug-likeness (QED) is 0.752. The summed E-state index contributed by atoms with van der Waals surface area (Å²) in [5.41, 5.74) is 2.93. The van der Waals surface area contributed by atoms with Crippen molar-refractivity contribution in [1.29, 1.82) is 0 Å². The Hall–Kier alpha value is -1.80. The summed E-state index contributed by atoms with van der Waals surface area (Å²) in [5, 5.41) is 4.93. The van der Waals surface area contributed by atoms with Gasteiger partial charge in [-0.15, -0.1) is 0 Å². The molecule has 1 saturated heterocycles. The van der Waals surface area contributed by atoms with Crippen LogP contribution < -0.4 is 5.32 Å². The highest BCUT2D eigenvalue weighted by molar-refractivity contribution is 5.84. The Kier molecular flexibility index (Phi) is 5.35. The second-order valence-electron chi connectivity index (χ2n) is 6.57. The third-order valence-electron chi connectivity index (χ3n) is 4.94. The average molecular weight is 308 g/mol. The summed E-state index contributed by atoms with van der Waals surface area (Å²) in [5.74, 6) is 0.702. The molecule has 23 heavy (non-hydrogen) atoms. The molecule has 0 amide bonds. The molecule has 0 spiro atoms. The summed E-state index contributed by atoms with van der Waals surface area (Å²) >= 11 is 0. The summed E-state index contributed by atoms with van der Waals surface area (Å²) < 4.78 is 2.48. The molecular formula is C21H28N2. The van der Waals surface area contributed by atoms with E-state index in [1.54, 1.807) is 5.56 Å². The summed E-state index contributed by atoms with van der Waals surface area (Å²) in [6.07, 6.45) is 14.6. The van der Waals surface area contributed by atoms with Gasteiger partial charge in [0.1, 0.15) is 0 Å². The van der Waals surface area contributed by atoms with Gasteiger partial charge in [-0.1, -0.05) is 42.5 Å².